The lowest BCUT2D eigenvalue weighted by molar-refractivity contribution is 0.271. The minimum absolute atomic E-state index is 0.0450. The number of aryl methyl sites for hydroxylation is 2. The first-order chi connectivity index (χ1) is 12.6. The second-order valence-electron chi connectivity index (χ2n) is 6.32. The molecule has 0 saturated carbocycles. The molecule has 0 unspecified atom stereocenters. The van der Waals surface area contributed by atoms with E-state index in [4.69, 9.17) is 0 Å². The van der Waals surface area contributed by atoms with Crippen molar-refractivity contribution in [2.24, 2.45) is 0 Å². The van der Waals surface area contributed by atoms with Crippen molar-refractivity contribution >= 4 is 28.9 Å². The summed E-state index contributed by atoms with van der Waals surface area (Å²) in [5.41, 5.74) is 1.91. The van der Waals surface area contributed by atoms with E-state index in [9.17, 15) is 5.11 Å². The molecule has 0 fully saturated rings. The van der Waals surface area contributed by atoms with E-state index < -0.39 is 0 Å². The number of thiophene rings is 1. The number of aromatic nitrogens is 4. The molecule has 3 aromatic rings. The molecule has 3 heterocycles. The largest absolute Gasteiger partial charge is 0.394 e. The second-order valence-corrected chi connectivity index (χ2v) is 7.70. The van der Waals surface area contributed by atoms with Crippen LogP contribution in [0.4, 0.5) is 11.9 Å². The molecule has 0 aliphatic rings. The molecule has 0 aliphatic carbocycles. The first-order valence-electron chi connectivity index (χ1n) is 9.05. The van der Waals surface area contributed by atoms with E-state index in [0.29, 0.717) is 18.4 Å². The fourth-order valence-corrected chi connectivity index (χ4v) is 3.58. The Hall–Kier alpha value is -2.19. The monoisotopic (exact) mass is 374 g/mol. The van der Waals surface area contributed by atoms with Gasteiger partial charge in [-0.3, -0.25) is 0 Å². The highest BCUT2D eigenvalue weighted by Gasteiger charge is 2.15. The second kappa shape index (κ2) is 8.46. The van der Waals surface area contributed by atoms with Crippen molar-refractivity contribution in [3.8, 4) is 0 Å². The number of fused-ring (bicyclic) bond motifs is 1. The molecule has 140 valence electrons. The van der Waals surface area contributed by atoms with Crippen LogP contribution < -0.4 is 10.6 Å². The van der Waals surface area contributed by atoms with Gasteiger partial charge in [0, 0.05) is 15.3 Å². The first kappa shape index (κ1) is 18.6. The maximum atomic E-state index is 9.47. The summed E-state index contributed by atoms with van der Waals surface area (Å²) in [6, 6.07) is 4.17. The predicted octanol–water partition coefficient (Wildman–Crippen LogP) is 3.24. The summed E-state index contributed by atoms with van der Waals surface area (Å²) in [4.78, 5) is 11.8. The highest BCUT2D eigenvalue weighted by atomic mass is 32.1. The van der Waals surface area contributed by atoms with Gasteiger partial charge in [0.1, 0.15) is 0 Å². The van der Waals surface area contributed by atoms with E-state index in [1.165, 1.54) is 9.75 Å². The summed E-state index contributed by atoms with van der Waals surface area (Å²) < 4.78 is 1.76. The van der Waals surface area contributed by atoms with Gasteiger partial charge < -0.3 is 15.7 Å². The van der Waals surface area contributed by atoms with Gasteiger partial charge in [-0.2, -0.15) is 19.6 Å². The van der Waals surface area contributed by atoms with Crippen LogP contribution in [0.2, 0.25) is 0 Å². The summed E-state index contributed by atoms with van der Waals surface area (Å²) in [6.07, 6.45) is 4.60. The molecule has 3 rings (SSSR count). The van der Waals surface area contributed by atoms with Crippen LogP contribution in [-0.4, -0.2) is 37.3 Å². The summed E-state index contributed by atoms with van der Waals surface area (Å²) in [7, 11) is 0. The fraction of sp³-hybridized carbons (Fsp3) is 0.500. The normalized spacial score (nSPS) is 12.5. The van der Waals surface area contributed by atoms with Gasteiger partial charge in [0.15, 0.2) is 5.65 Å². The molecule has 0 amide bonds. The molecule has 26 heavy (non-hydrogen) atoms. The quantitative estimate of drug-likeness (QED) is 0.533. The molecular formula is C18H26N6OS. The predicted molar refractivity (Wildman–Crippen MR) is 106 cm³/mol. The molecule has 0 radical (unpaired) electrons. The van der Waals surface area contributed by atoms with Crippen molar-refractivity contribution in [2.75, 3.05) is 17.2 Å². The van der Waals surface area contributed by atoms with Crippen molar-refractivity contribution in [1.82, 2.24) is 19.6 Å². The van der Waals surface area contributed by atoms with Crippen LogP contribution in [0, 0.1) is 6.92 Å². The SMILES string of the molecule is CCCc1cnn2c(NCc3ccc(C)s3)nc(N[C@H](CC)CO)nc12. The van der Waals surface area contributed by atoms with Gasteiger partial charge >= 0.3 is 0 Å². The average molecular weight is 375 g/mol. The third-order valence-corrected chi connectivity index (χ3v) is 5.22. The average Bonchev–Trinajstić information content (AvgIpc) is 3.24. The highest BCUT2D eigenvalue weighted by molar-refractivity contribution is 7.11. The molecule has 0 aliphatic heterocycles. The van der Waals surface area contributed by atoms with Crippen molar-refractivity contribution < 1.29 is 5.11 Å². The summed E-state index contributed by atoms with van der Waals surface area (Å²) in [6.45, 7) is 6.99. The molecule has 1 atom stereocenters. The van der Waals surface area contributed by atoms with Crippen LogP contribution >= 0.6 is 11.3 Å². The number of anilines is 2. The molecule has 0 aromatic carbocycles. The lowest BCUT2D eigenvalue weighted by atomic mass is 10.2. The van der Waals surface area contributed by atoms with Crippen LogP contribution in [0.25, 0.3) is 5.65 Å². The van der Waals surface area contributed by atoms with E-state index in [0.717, 1.165) is 30.5 Å². The number of hydrogen-bond acceptors (Lipinski definition) is 7. The Labute approximate surface area is 157 Å². The lowest BCUT2D eigenvalue weighted by Crippen LogP contribution is -2.24. The van der Waals surface area contributed by atoms with Gasteiger partial charge in [0.25, 0.3) is 0 Å². The van der Waals surface area contributed by atoms with Crippen LogP contribution in [0.15, 0.2) is 18.3 Å². The Bertz CT molecular complexity index is 855. The number of aliphatic hydroxyl groups is 1. The first-order valence-corrected chi connectivity index (χ1v) is 9.87. The van der Waals surface area contributed by atoms with E-state index in [1.807, 2.05) is 13.1 Å². The van der Waals surface area contributed by atoms with Gasteiger partial charge in [-0.15, -0.1) is 11.3 Å². The molecule has 3 N–H and O–H groups in total. The number of aliphatic hydroxyl groups excluding tert-OH is 1. The summed E-state index contributed by atoms with van der Waals surface area (Å²) >= 11 is 1.76. The zero-order chi connectivity index (χ0) is 18.5. The van der Waals surface area contributed by atoms with E-state index in [2.05, 4.69) is 51.7 Å². The van der Waals surface area contributed by atoms with Crippen LogP contribution in [0.1, 0.15) is 42.0 Å². The van der Waals surface area contributed by atoms with E-state index in [1.54, 1.807) is 15.9 Å². The van der Waals surface area contributed by atoms with Crippen molar-refractivity contribution in [2.45, 2.75) is 52.6 Å². The molecule has 0 saturated heterocycles. The number of hydrogen-bond donors (Lipinski definition) is 3. The van der Waals surface area contributed by atoms with Gasteiger partial charge in [-0.05, 0) is 31.9 Å². The lowest BCUT2D eigenvalue weighted by Gasteiger charge is -2.15. The number of nitrogens with zero attached hydrogens (tertiary/aromatic N) is 4. The highest BCUT2D eigenvalue weighted by Crippen LogP contribution is 2.20. The smallest absolute Gasteiger partial charge is 0.229 e. The van der Waals surface area contributed by atoms with Crippen molar-refractivity contribution in [3.05, 3.63) is 33.6 Å². The number of rotatable bonds is 9. The van der Waals surface area contributed by atoms with Crippen molar-refractivity contribution in [1.29, 1.82) is 0 Å². The Kier molecular flexibility index (Phi) is 6.05. The van der Waals surface area contributed by atoms with Crippen LogP contribution in [0.3, 0.4) is 0 Å². The Morgan fingerprint density at radius 1 is 1.27 bits per heavy atom. The standard InChI is InChI=1S/C18H26N6OS/c1-4-6-13-9-20-24-16(13)22-17(21-14(5-2)11-25)23-18(24)19-10-15-8-7-12(3)26-15/h7-9,14,25H,4-6,10-11H2,1-3H3,(H2,19,21,22,23)/t14-/m1/s1. The maximum absolute atomic E-state index is 9.47. The number of nitrogens with one attached hydrogen (secondary N) is 2. The van der Waals surface area contributed by atoms with Crippen molar-refractivity contribution in [3.63, 3.8) is 0 Å². The molecule has 3 aromatic heterocycles. The van der Waals surface area contributed by atoms with Gasteiger partial charge in [0.2, 0.25) is 11.9 Å². The minimum Gasteiger partial charge on any atom is -0.394 e. The molecule has 8 heteroatoms. The summed E-state index contributed by atoms with van der Waals surface area (Å²) in [5.74, 6) is 1.17. The molecule has 0 bridgehead atoms. The fourth-order valence-electron chi connectivity index (χ4n) is 2.75. The molecular weight excluding hydrogens is 348 g/mol. The third-order valence-electron chi connectivity index (χ3n) is 4.22. The Morgan fingerprint density at radius 2 is 2.12 bits per heavy atom. The van der Waals surface area contributed by atoms with Gasteiger partial charge in [-0.1, -0.05) is 20.3 Å². The van der Waals surface area contributed by atoms with Gasteiger partial charge in [-0.25, -0.2) is 0 Å². The summed E-state index contributed by atoms with van der Waals surface area (Å²) in [5, 5.41) is 20.5. The molecule has 0 spiro atoms. The van der Waals surface area contributed by atoms with Crippen LogP contribution in [-0.2, 0) is 13.0 Å². The van der Waals surface area contributed by atoms with E-state index in [-0.39, 0.29) is 12.6 Å². The Morgan fingerprint density at radius 3 is 2.77 bits per heavy atom. The Balaban J connectivity index is 1.93. The topological polar surface area (TPSA) is 87.4 Å². The van der Waals surface area contributed by atoms with E-state index >= 15 is 0 Å². The zero-order valence-corrected chi connectivity index (χ0v) is 16.3. The van der Waals surface area contributed by atoms with Crippen LogP contribution in [0.5, 0.6) is 0 Å². The maximum Gasteiger partial charge on any atom is 0.229 e. The minimum atomic E-state index is -0.0669. The van der Waals surface area contributed by atoms with Gasteiger partial charge in [0.05, 0.1) is 25.4 Å². The zero-order valence-electron chi connectivity index (χ0n) is 15.5. The third kappa shape index (κ3) is 4.13. The molecule has 7 nitrogen and oxygen atoms in total.